The van der Waals surface area contributed by atoms with Crippen LogP contribution in [0.3, 0.4) is 0 Å². The second kappa shape index (κ2) is 7.37. The van der Waals surface area contributed by atoms with Crippen molar-refractivity contribution < 1.29 is 0 Å². The van der Waals surface area contributed by atoms with Crippen LogP contribution in [0.15, 0.2) is 59.4 Å². The van der Waals surface area contributed by atoms with Crippen LogP contribution in [0.2, 0.25) is 5.02 Å². The van der Waals surface area contributed by atoms with Gasteiger partial charge in [-0.15, -0.1) is 0 Å². The van der Waals surface area contributed by atoms with Gasteiger partial charge in [0.15, 0.2) is 11.2 Å². The highest BCUT2D eigenvalue weighted by molar-refractivity contribution is 6.30. The van der Waals surface area contributed by atoms with E-state index in [-0.39, 0.29) is 5.56 Å². The van der Waals surface area contributed by atoms with E-state index in [1.165, 1.54) is 5.56 Å². The van der Waals surface area contributed by atoms with Crippen molar-refractivity contribution in [1.29, 1.82) is 0 Å². The summed E-state index contributed by atoms with van der Waals surface area (Å²) in [6.07, 6.45) is 2.58. The van der Waals surface area contributed by atoms with Gasteiger partial charge in [0.2, 0.25) is 0 Å². The molecule has 0 unspecified atom stereocenters. The number of nitrogens with one attached hydrogen (secondary N) is 1. The molecule has 27 heavy (non-hydrogen) atoms. The third kappa shape index (κ3) is 3.64. The third-order valence-corrected chi connectivity index (χ3v) is 4.85. The van der Waals surface area contributed by atoms with Gasteiger partial charge in [0.1, 0.15) is 11.6 Å². The summed E-state index contributed by atoms with van der Waals surface area (Å²) >= 11 is 5.96. The summed E-state index contributed by atoms with van der Waals surface area (Å²) in [7, 11) is 1.87. The number of halogens is 1. The number of aromatic amines is 1. The number of hydrogen-bond acceptors (Lipinski definition) is 3. The van der Waals surface area contributed by atoms with E-state index in [9.17, 15) is 4.79 Å². The Bertz CT molecular complexity index is 1130. The first-order chi connectivity index (χ1) is 13.1. The zero-order chi connectivity index (χ0) is 18.8. The van der Waals surface area contributed by atoms with Crippen molar-refractivity contribution in [3.05, 3.63) is 81.4 Å². The SMILES string of the molecule is Cn1c(-c2ccc(Cl)cc2)nc2c(=O)[nH]c(CCCc3ccccc3)nc21. The summed E-state index contributed by atoms with van der Waals surface area (Å²) in [6, 6.07) is 17.7. The first-order valence-corrected chi connectivity index (χ1v) is 9.25. The van der Waals surface area contributed by atoms with Gasteiger partial charge in [0.25, 0.3) is 5.56 Å². The van der Waals surface area contributed by atoms with E-state index in [2.05, 4.69) is 27.1 Å². The number of benzene rings is 2. The van der Waals surface area contributed by atoms with E-state index in [1.54, 1.807) is 0 Å². The van der Waals surface area contributed by atoms with E-state index < -0.39 is 0 Å². The summed E-state index contributed by atoms with van der Waals surface area (Å²) < 4.78 is 1.86. The second-order valence-electron chi connectivity index (χ2n) is 6.53. The molecule has 0 aliphatic carbocycles. The summed E-state index contributed by atoms with van der Waals surface area (Å²) in [5.41, 5.74) is 2.93. The summed E-state index contributed by atoms with van der Waals surface area (Å²) in [4.78, 5) is 24.5. The average molecular weight is 379 g/mol. The number of H-pyrrole nitrogens is 1. The summed E-state index contributed by atoms with van der Waals surface area (Å²) in [5, 5.41) is 0.661. The molecule has 0 spiro atoms. The summed E-state index contributed by atoms with van der Waals surface area (Å²) in [5.74, 6) is 1.38. The molecule has 5 nitrogen and oxygen atoms in total. The fraction of sp³-hybridized carbons (Fsp3) is 0.190. The zero-order valence-corrected chi connectivity index (χ0v) is 15.7. The molecular weight excluding hydrogens is 360 g/mol. The molecule has 0 fully saturated rings. The van der Waals surface area contributed by atoms with E-state index in [0.717, 1.165) is 18.4 Å². The van der Waals surface area contributed by atoms with Crippen LogP contribution < -0.4 is 5.56 Å². The molecule has 2 aromatic carbocycles. The minimum absolute atomic E-state index is 0.203. The molecule has 0 aliphatic heterocycles. The van der Waals surface area contributed by atoms with Crippen molar-refractivity contribution in [2.45, 2.75) is 19.3 Å². The molecule has 4 aromatic rings. The van der Waals surface area contributed by atoms with E-state index in [0.29, 0.717) is 34.3 Å². The lowest BCUT2D eigenvalue weighted by atomic mass is 10.1. The van der Waals surface area contributed by atoms with Gasteiger partial charge in [-0.1, -0.05) is 41.9 Å². The van der Waals surface area contributed by atoms with Crippen molar-refractivity contribution in [3.8, 4) is 11.4 Å². The molecule has 0 atom stereocenters. The van der Waals surface area contributed by atoms with E-state index >= 15 is 0 Å². The Balaban J connectivity index is 1.62. The fourth-order valence-electron chi connectivity index (χ4n) is 3.20. The quantitative estimate of drug-likeness (QED) is 0.567. The maximum Gasteiger partial charge on any atom is 0.279 e. The molecule has 1 N–H and O–H groups in total. The van der Waals surface area contributed by atoms with Gasteiger partial charge >= 0.3 is 0 Å². The maximum absolute atomic E-state index is 12.5. The number of rotatable bonds is 5. The molecule has 0 bridgehead atoms. The number of aryl methyl sites for hydroxylation is 3. The molecule has 4 rings (SSSR count). The van der Waals surface area contributed by atoms with Gasteiger partial charge in [0, 0.05) is 24.1 Å². The predicted octanol–water partition coefficient (Wildman–Crippen LogP) is 4.15. The molecule has 0 saturated heterocycles. The highest BCUT2D eigenvalue weighted by atomic mass is 35.5. The number of imidazole rings is 1. The van der Waals surface area contributed by atoms with Crippen molar-refractivity contribution in [2.75, 3.05) is 0 Å². The number of hydrogen-bond donors (Lipinski definition) is 1. The Labute approximate surface area is 161 Å². The molecule has 0 saturated carbocycles. The molecule has 0 amide bonds. The number of aromatic nitrogens is 4. The van der Waals surface area contributed by atoms with Gasteiger partial charge in [-0.25, -0.2) is 9.97 Å². The molecule has 0 aliphatic rings. The van der Waals surface area contributed by atoms with Crippen LogP contribution >= 0.6 is 11.6 Å². The Morgan fingerprint density at radius 1 is 1.00 bits per heavy atom. The zero-order valence-electron chi connectivity index (χ0n) is 14.9. The first kappa shape index (κ1) is 17.5. The van der Waals surface area contributed by atoms with Crippen LogP contribution in [0.4, 0.5) is 0 Å². The largest absolute Gasteiger partial charge is 0.312 e. The second-order valence-corrected chi connectivity index (χ2v) is 6.96. The standard InChI is InChI=1S/C21H19ClN4O/c1-26-19(15-10-12-16(22)13-11-15)25-18-20(26)23-17(24-21(18)27)9-5-8-14-6-3-2-4-7-14/h2-4,6-7,10-13H,5,8-9H2,1H3,(H,23,24,27). The number of fused-ring (bicyclic) bond motifs is 1. The lowest BCUT2D eigenvalue weighted by molar-refractivity contribution is 0.767. The monoisotopic (exact) mass is 378 g/mol. The van der Waals surface area contributed by atoms with Crippen LogP contribution in [0.1, 0.15) is 17.8 Å². The third-order valence-electron chi connectivity index (χ3n) is 4.60. The van der Waals surface area contributed by atoms with Crippen LogP contribution in [-0.2, 0) is 19.9 Å². The molecule has 6 heteroatoms. The molecule has 2 heterocycles. The highest BCUT2D eigenvalue weighted by Crippen LogP contribution is 2.22. The highest BCUT2D eigenvalue weighted by Gasteiger charge is 2.15. The minimum Gasteiger partial charge on any atom is -0.312 e. The van der Waals surface area contributed by atoms with E-state index in [1.807, 2.05) is 54.1 Å². The van der Waals surface area contributed by atoms with Crippen LogP contribution in [0.25, 0.3) is 22.6 Å². The average Bonchev–Trinajstić information content (AvgIpc) is 3.01. The van der Waals surface area contributed by atoms with Gasteiger partial charge in [-0.2, -0.15) is 0 Å². The molecule has 2 aromatic heterocycles. The first-order valence-electron chi connectivity index (χ1n) is 8.87. The predicted molar refractivity (Wildman–Crippen MR) is 108 cm³/mol. The Morgan fingerprint density at radius 3 is 2.48 bits per heavy atom. The fourth-order valence-corrected chi connectivity index (χ4v) is 3.32. The van der Waals surface area contributed by atoms with Gasteiger partial charge in [-0.05, 0) is 42.7 Å². The Kier molecular flexibility index (Phi) is 4.77. The minimum atomic E-state index is -0.203. The van der Waals surface area contributed by atoms with Crippen LogP contribution in [0.5, 0.6) is 0 Å². The normalized spacial score (nSPS) is 11.2. The van der Waals surface area contributed by atoms with Gasteiger partial charge in [-0.3, -0.25) is 4.79 Å². The molecular formula is C21H19ClN4O. The van der Waals surface area contributed by atoms with Gasteiger partial charge < -0.3 is 9.55 Å². The summed E-state index contributed by atoms with van der Waals surface area (Å²) in [6.45, 7) is 0. The molecule has 0 radical (unpaired) electrons. The Morgan fingerprint density at radius 2 is 1.74 bits per heavy atom. The smallest absolute Gasteiger partial charge is 0.279 e. The topological polar surface area (TPSA) is 63.6 Å². The Hall–Kier alpha value is -2.92. The van der Waals surface area contributed by atoms with Crippen molar-refractivity contribution in [1.82, 2.24) is 19.5 Å². The lowest BCUT2D eigenvalue weighted by Gasteiger charge is -2.04. The van der Waals surface area contributed by atoms with Crippen LogP contribution in [0, 0.1) is 0 Å². The van der Waals surface area contributed by atoms with Gasteiger partial charge in [0.05, 0.1) is 0 Å². The maximum atomic E-state index is 12.5. The van der Waals surface area contributed by atoms with Crippen LogP contribution in [-0.4, -0.2) is 19.5 Å². The van der Waals surface area contributed by atoms with Crippen molar-refractivity contribution in [3.63, 3.8) is 0 Å². The van der Waals surface area contributed by atoms with E-state index in [4.69, 9.17) is 11.6 Å². The molecule has 136 valence electrons. The van der Waals surface area contributed by atoms with Crippen molar-refractivity contribution >= 4 is 22.8 Å². The van der Waals surface area contributed by atoms with Crippen molar-refractivity contribution in [2.24, 2.45) is 7.05 Å². The number of nitrogens with zero attached hydrogens (tertiary/aromatic N) is 3. The lowest BCUT2D eigenvalue weighted by Crippen LogP contribution is -2.12.